The molecular formula is C17H27BrN2O. The summed E-state index contributed by atoms with van der Waals surface area (Å²) in [6.07, 6.45) is 6.83. The summed E-state index contributed by atoms with van der Waals surface area (Å²) in [6.45, 7) is 6.05. The minimum absolute atomic E-state index is 0.114. The van der Waals surface area contributed by atoms with Gasteiger partial charge >= 0.3 is 0 Å². The van der Waals surface area contributed by atoms with Crippen molar-refractivity contribution in [2.24, 2.45) is 0 Å². The van der Waals surface area contributed by atoms with Gasteiger partial charge in [0.1, 0.15) is 0 Å². The Balaban J connectivity index is 2.73. The molecule has 1 amide bonds. The molecule has 2 N–H and O–H groups in total. The van der Waals surface area contributed by atoms with Gasteiger partial charge in [-0.05, 0) is 47.0 Å². The number of hydrogen-bond acceptors (Lipinski definition) is 2. The highest BCUT2D eigenvalue weighted by Crippen LogP contribution is 2.21. The number of carbonyl (C=O) groups excluding carboxylic acids is 1. The number of nitrogen functional groups attached to an aromatic ring is 1. The van der Waals surface area contributed by atoms with E-state index < -0.39 is 0 Å². The van der Waals surface area contributed by atoms with E-state index in [1.54, 1.807) is 6.07 Å². The number of nitrogens with zero attached hydrogens (tertiary/aromatic N) is 1. The van der Waals surface area contributed by atoms with Gasteiger partial charge in [-0.25, -0.2) is 0 Å². The largest absolute Gasteiger partial charge is 0.398 e. The molecule has 0 heterocycles. The molecule has 0 aliphatic rings. The van der Waals surface area contributed by atoms with Crippen molar-refractivity contribution >= 4 is 27.5 Å². The van der Waals surface area contributed by atoms with Crippen LogP contribution < -0.4 is 5.73 Å². The number of hydrogen-bond donors (Lipinski definition) is 1. The van der Waals surface area contributed by atoms with Crippen molar-refractivity contribution in [2.75, 3.05) is 18.8 Å². The van der Waals surface area contributed by atoms with Crippen LogP contribution in [0.5, 0.6) is 0 Å². The van der Waals surface area contributed by atoms with E-state index in [0.717, 1.165) is 30.4 Å². The van der Waals surface area contributed by atoms with Crippen LogP contribution in [0.3, 0.4) is 0 Å². The number of amides is 1. The van der Waals surface area contributed by atoms with E-state index in [9.17, 15) is 4.79 Å². The smallest absolute Gasteiger partial charge is 0.253 e. The van der Waals surface area contributed by atoms with E-state index >= 15 is 0 Å². The van der Waals surface area contributed by atoms with Crippen LogP contribution >= 0.6 is 15.9 Å². The highest BCUT2D eigenvalue weighted by molar-refractivity contribution is 9.10. The van der Waals surface area contributed by atoms with Crippen molar-refractivity contribution in [3.8, 4) is 0 Å². The second kappa shape index (κ2) is 9.82. The maximum Gasteiger partial charge on any atom is 0.253 e. The van der Waals surface area contributed by atoms with Crippen molar-refractivity contribution in [1.82, 2.24) is 4.90 Å². The Bertz CT molecular complexity index is 438. The average molecular weight is 355 g/mol. The molecule has 1 rings (SSSR count). The topological polar surface area (TPSA) is 46.3 Å². The lowest BCUT2D eigenvalue weighted by Gasteiger charge is -2.23. The zero-order chi connectivity index (χ0) is 15.7. The Morgan fingerprint density at radius 2 is 1.67 bits per heavy atom. The molecule has 0 aliphatic carbocycles. The number of unbranched alkanes of at least 4 members (excludes halogenated alkanes) is 4. The predicted molar refractivity (Wildman–Crippen MR) is 93.5 cm³/mol. The standard InChI is InChI=1S/C17H27BrN2O/c1-3-5-7-11-20(12-8-6-4-2)17(21)14-9-10-16(19)15(18)13-14/h9-10,13H,3-8,11-12,19H2,1-2H3. The summed E-state index contributed by atoms with van der Waals surface area (Å²) in [7, 11) is 0. The highest BCUT2D eigenvalue weighted by Gasteiger charge is 2.15. The molecule has 0 radical (unpaired) electrons. The maximum absolute atomic E-state index is 12.7. The molecule has 0 aliphatic heterocycles. The fraction of sp³-hybridized carbons (Fsp3) is 0.588. The third-order valence-corrected chi connectivity index (χ3v) is 4.28. The number of benzene rings is 1. The van der Waals surface area contributed by atoms with Crippen LogP contribution in [0.1, 0.15) is 62.7 Å². The van der Waals surface area contributed by atoms with E-state index in [0.29, 0.717) is 11.3 Å². The van der Waals surface area contributed by atoms with Crippen LogP contribution in [0, 0.1) is 0 Å². The number of carbonyl (C=O) groups is 1. The van der Waals surface area contributed by atoms with Gasteiger partial charge in [0.2, 0.25) is 0 Å². The molecule has 1 aromatic carbocycles. The molecule has 0 unspecified atom stereocenters. The van der Waals surface area contributed by atoms with Crippen LogP contribution in [0.25, 0.3) is 0 Å². The first kappa shape index (κ1) is 18.0. The van der Waals surface area contributed by atoms with Gasteiger partial charge in [-0.2, -0.15) is 0 Å². The highest BCUT2D eigenvalue weighted by atomic mass is 79.9. The van der Waals surface area contributed by atoms with Gasteiger partial charge in [-0.3, -0.25) is 4.79 Å². The van der Waals surface area contributed by atoms with Gasteiger partial charge in [-0.1, -0.05) is 39.5 Å². The summed E-state index contributed by atoms with van der Waals surface area (Å²) in [5.74, 6) is 0.114. The molecule has 0 bridgehead atoms. The molecule has 0 aromatic heterocycles. The minimum Gasteiger partial charge on any atom is -0.398 e. The summed E-state index contributed by atoms with van der Waals surface area (Å²) in [5, 5.41) is 0. The Morgan fingerprint density at radius 3 is 2.14 bits per heavy atom. The third kappa shape index (κ3) is 6.08. The molecule has 21 heavy (non-hydrogen) atoms. The van der Waals surface area contributed by atoms with Gasteiger partial charge in [0, 0.05) is 28.8 Å². The Kier molecular flexibility index (Phi) is 8.43. The minimum atomic E-state index is 0.114. The zero-order valence-corrected chi connectivity index (χ0v) is 14.8. The van der Waals surface area contributed by atoms with Crippen molar-refractivity contribution in [3.63, 3.8) is 0 Å². The zero-order valence-electron chi connectivity index (χ0n) is 13.2. The van der Waals surface area contributed by atoms with Gasteiger partial charge in [-0.15, -0.1) is 0 Å². The second-order valence-electron chi connectivity index (χ2n) is 5.44. The molecule has 118 valence electrons. The number of halogens is 1. The van der Waals surface area contributed by atoms with E-state index in [1.165, 1.54) is 25.7 Å². The van der Waals surface area contributed by atoms with E-state index in [1.807, 2.05) is 17.0 Å². The molecule has 3 nitrogen and oxygen atoms in total. The first-order valence-electron chi connectivity index (χ1n) is 7.94. The number of rotatable bonds is 9. The first-order valence-corrected chi connectivity index (χ1v) is 8.73. The Morgan fingerprint density at radius 1 is 1.10 bits per heavy atom. The van der Waals surface area contributed by atoms with Crippen molar-refractivity contribution in [1.29, 1.82) is 0 Å². The molecule has 1 aromatic rings. The fourth-order valence-electron chi connectivity index (χ4n) is 2.26. The molecule has 0 fully saturated rings. The van der Waals surface area contributed by atoms with Gasteiger partial charge in [0.05, 0.1) is 0 Å². The van der Waals surface area contributed by atoms with Gasteiger partial charge < -0.3 is 10.6 Å². The lowest BCUT2D eigenvalue weighted by Crippen LogP contribution is -2.33. The molecule has 0 spiro atoms. The van der Waals surface area contributed by atoms with Crippen LogP contribution in [0.2, 0.25) is 0 Å². The normalized spacial score (nSPS) is 10.6. The molecule has 4 heteroatoms. The summed E-state index contributed by atoms with van der Waals surface area (Å²) in [6, 6.07) is 5.42. The van der Waals surface area contributed by atoms with E-state index in [4.69, 9.17) is 5.73 Å². The average Bonchev–Trinajstić information content (AvgIpc) is 2.48. The van der Waals surface area contributed by atoms with Crippen LogP contribution in [-0.4, -0.2) is 23.9 Å². The summed E-state index contributed by atoms with van der Waals surface area (Å²) < 4.78 is 0.787. The molecular weight excluding hydrogens is 328 g/mol. The van der Waals surface area contributed by atoms with E-state index in [-0.39, 0.29) is 5.91 Å². The first-order chi connectivity index (χ1) is 10.1. The van der Waals surface area contributed by atoms with Crippen LogP contribution in [0.4, 0.5) is 5.69 Å². The summed E-state index contributed by atoms with van der Waals surface area (Å²) >= 11 is 3.40. The Hall–Kier alpha value is -1.03. The van der Waals surface area contributed by atoms with Crippen LogP contribution in [-0.2, 0) is 0 Å². The lowest BCUT2D eigenvalue weighted by molar-refractivity contribution is 0.0749. The molecule has 0 saturated carbocycles. The van der Waals surface area contributed by atoms with Gasteiger partial charge in [0.15, 0.2) is 0 Å². The number of nitrogens with two attached hydrogens (primary N) is 1. The van der Waals surface area contributed by atoms with Crippen molar-refractivity contribution in [2.45, 2.75) is 52.4 Å². The lowest BCUT2D eigenvalue weighted by atomic mass is 10.1. The summed E-state index contributed by atoms with van der Waals surface area (Å²) in [5.41, 5.74) is 7.16. The molecule has 0 saturated heterocycles. The summed E-state index contributed by atoms with van der Waals surface area (Å²) in [4.78, 5) is 14.7. The quantitative estimate of drug-likeness (QED) is 0.508. The van der Waals surface area contributed by atoms with Gasteiger partial charge in [0.25, 0.3) is 5.91 Å². The Labute approximate surface area is 137 Å². The van der Waals surface area contributed by atoms with Crippen LogP contribution in [0.15, 0.2) is 22.7 Å². The monoisotopic (exact) mass is 354 g/mol. The van der Waals surface area contributed by atoms with Crippen molar-refractivity contribution in [3.05, 3.63) is 28.2 Å². The second-order valence-corrected chi connectivity index (χ2v) is 6.30. The predicted octanol–water partition coefficient (Wildman–Crippen LogP) is 4.85. The fourth-order valence-corrected chi connectivity index (χ4v) is 2.64. The molecule has 0 atom stereocenters. The maximum atomic E-state index is 12.7. The number of anilines is 1. The SMILES string of the molecule is CCCCCN(CCCCC)C(=O)c1ccc(N)c(Br)c1. The third-order valence-electron chi connectivity index (χ3n) is 3.60. The van der Waals surface area contributed by atoms with Crippen molar-refractivity contribution < 1.29 is 4.79 Å². The van der Waals surface area contributed by atoms with E-state index in [2.05, 4.69) is 29.8 Å².